The van der Waals surface area contributed by atoms with Gasteiger partial charge in [0.1, 0.15) is 29.4 Å². The van der Waals surface area contributed by atoms with Gasteiger partial charge in [-0.15, -0.1) is 0 Å². The summed E-state index contributed by atoms with van der Waals surface area (Å²) < 4.78 is 25.1. The number of esters is 2. The summed E-state index contributed by atoms with van der Waals surface area (Å²) in [5.74, 6) is 0.0860. The summed E-state index contributed by atoms with van der Waals surface area (Å²) >= 11 is 0. The number of carbonyl (C=O) groups is 2. The smallest absolute Gasteiger partial charge is 0.373 e. The van der Waals surface area contributed by atoms with E-state index in [1.807, 2.05) is 0 Å². The van der Waals surface area contributed by atoms with Gasteiger partial charge in [-0.2, -0.15) is 0 Å². The third kappa shape index (κ3) is 3.82. The Bertz CT molecular complexity index is 702. The third-order valence-electron chi connectivity index (χ3n) is 3.02. The molecule has 0 saturated carbocycles. The maximum Gasteiger partial charge on any atom is 0.373 e. The maximum absolute atomic E-state index is 12.1. The lowest BCUT2D eigenvalue weighted by molar-refractivity contribution is 0.0435. The zero-order chi connectivity index (χ0) is 16.8. The summed E-state index contributed by atoms with van der Waals surface area (Å²) in [5.41, 5.74) is 0.257. The van der Waals surface area contributed by atoms with Gasteiger partial charge in [0.2, 0.25) is 5.76 Å². The second-order valence-electron chi connectivity index (χ2n) is 4.40. The van der Waals surface area contributed by atoms with Crippen LogP contribution in [0.15, 0.2) is 34.7 Å². The first-order chi connectivity index (χ1) is 11.1. The van der Waals surface area contributed by atoms with Crippen LogP contribution in [0.4, 0.5) is 0 Å². The molecule has 0 aliphatic heterocycles. The number of carbonyl (C=O) groups excluding carboxylic acids is 2. The molecule has 0 fully saturated rings. The highest BCUT2D eigenvalue weighted by atomic mass is 16.6. The highest BCUT2D eigenvalue weighted by Crippen LogP contribution is 2.25. The molecule has 0 saturated heterocycles. The van der Waals surface area contributed by atoms with Gasteiger partial charge in [-0.05, 0) is 24.3 Å². The number of rotatable bonds is 6. The van der Waals surface area contributed by atoms with Crippen LogP contribution in [0.2, 0.25) is 0 Å². The van der Waals surface area contributed by atoms with Crippen LogP contribution in [0.3, 0.4) is 0 Å². The predicted octanol–water partition coefficient (Wildman–Crippen LogP) is 2.44. The molecule has 0 radical (unpaired) electrons. The van der Waals surface area contributed by atoms with Crippen molar-refractivity contribution in [1.82, 2.24) is 0 Å². The van der Waals surface area contributed by atoms with Gasteiger partial charge in [0.25, 0.3) is 0 Å². The number of benzene rings is 1. The van der Waals surface area contributed by atoms with Gasteiger partial charge in [0, 0.05) is 6.07 Å². The van der Waals surface area contributed by atoms with Crippen LogP contribution in [-0.4, -0.2) is 33.3 Å². The van der Waals surface area contributed by atoms with Gasteiger partial charge in [0.15, 0.2) is 0 Å². The molecule has 1 aromatic heterocycles. The predicted molar refractivity (Wildman–Crippen MR) is 78.7 cm³/mol. The van der Waals surface area contributed by atoms with Crippen molar-refractivity contribution in [2.24, 2.45) is 0 Å². The number of ether oxygens (including phenoxy) is 4. The first kappa shape index (κ1) is 16.4. The highest BCUT2D eigenvalue weighted by molar-refractivity contribution is 5.92. The molecule has 1 aromatic carbocycles. The molecule has 7 nitrogen and oxygen atoms in total. The summed E-state index contributed by atoms with van der Waals surface area (Å²) in [6, 6.07) is 7.73. The van der Waals surface area contributed by atoms with Crippen LogP contribution in [0.1, 0.15) is 26.7 Å². The van der Waals surface area contributed by atoms with E-state index in [-0.39, 0.29) is 17.9 Å². The Balaban J connectivity index is 2.05. The fourth-order valence-corrected chi connectivity index (χ4v) is 1.85. The van der Waals surface area contributed by atoms with Crippen LogP contribution in [-0.2, 0) is 16.1 Å². The average molecular weight is 320 g/mol. The summed E-state index contributed by atoms with van der Waals surface area (Å²) in [5, 5.41) is 0. The van der Waals surface area contributed by atoms with E-state index >= 15 is 0 Å². The van der Waals surface area contributed by atoms with E-state index in [1.54, 1.807) is 18.2 Å². The van der Waals surface area contributed by atoms with Gasteiger partial charge in [-0.1, -0.05) is 0 Å². The topological polar surface area (TPSA) is 84.2 Å². The first-order valence-electron chi connectivity index (χ1n) is 6.65. The molecule has 0 unspecified atom stereocenters. The van der Waals surface area contributed by atoms with Crippen molar-refractivity contribution in [1.29, 1.82) is 0 Å². The average Bonchev–Trinajstić information content (AvgIpc) is 3.07. The van der Waals surface area contributed by atoms with Gasteiger partial charge in [-0.3, -0.25) is 0 Å². The summed E-state index contributed by atoms with van der Waals surface area (Å²) in [4.78, 5) is 23.4. The maximum atomic E-state index is 12.1. The lowest BCUT2D eigenvalue weighted by Gasteiger charge is -2.09. The van der Waals surface area contributed by atoms with Gasteiger partial charge >= 0.3 is 11.9 Å². The third-order valence-corrected chi connectivity index (χ3v) is 3.02. The lowest BCUT2D eigenvalue weighted by Crippen LogP contribution is -2.07. The quantitative estimate of drug-likeness (QED) is 0.756. The van der Waals surface area contributed by atoms with Crippen molar-refractivity contribution in [3.8, 4) is 11.5 Å². The van der Waals surface area contributed by atoms with Crippen molar-refractivity contribution in [3.63, 3.8) is 0 Å². The summed E-state index contributed by atoms with van der Waals surface area (Å²) in [6.07, 6.45) is 0. The fraction of sp³-hybridized carbons (Fsp3) is 0.250. The number of hydrogen-bond acceptors (Lipinski definition) is 7. The van der Waals surface area contributed by atoms with Crippen molar-refractivity contribution in [2.75, 3.05) is 21.3 Å². The van der Waals surface area contributed by atoms with E-state index < -0.39 is 11.9 Å². The molecule has 2 aromatic rings. The normalized spacial score (nSPS) is 10.0. The standard InChI is InChI=1S/C16H16O7/c1-19-10-4-6-12(14(8-10)20-2)15(17)22-9-11-5-7-13(23-11)16(18)21-3/h4-8H,9H2,1-3H3. The Hall–Kier alpha value is -2.96. The van der Waals surface area contributed by atoms with Crippen LogP contribution < -0.4 is 9.47 Å². The first-order valence-corrected chi connectivity index (χ1v) is 6.65. The SMILES string of the molecule is COC(=O)c1ccc(COC(=O)c2ccc(OC)cc2OC)o1. The monoisotopic (exact) mass is 320 g/mol. The van der Waals surface area contributed by atoms with Crippen LogP contribution in [0.5, 0.6) is 11.5 Å². The molecule has 1 heterocycles. The molecule has 0 N–H and O–H groups in total. The largest absolute Gasteiger partial charge is 0.497 e. The molecule has 0 atom stereocenters. The van der Waals surface area contributed by atoms with Gasteiger partial charge < -0.3 is 23.4 Å². The van der Waals surface area contributed by atoms with Crippen molar-refractivity contribution in [3.05, 3.63) is 47.4 Å². The zero-order valence-corrected chi connectivity index (χ0v) is 13.0. The zero-order valence-electron chi connectivity index (χ0n) is 13.0. The number of furan rings is 1. The van der Waals surface area contributed by atoms with E-state index in [0.717, 1.165) is 0 Å². The van der Waals surface area contributed by atoms with E-state index in [0.29, 0.717) is 17.3 Å². The minimum atomic E-state index is -0.598. The lowest BCUT2D eigenvalue weighted by atomic mass is 10.2. The highest BCUT2D eigenvalue weighted by Gasteiger charge is 2.16. The molecule has 23 heavy (non-hydrogen) atoms. The minimum Gasteiger partial charge on any atom is -0.497 e. The molecule has 122 valence electrons. The molecule has 0 bridgehead atoms. The van der Waals surface area contributed by atoms with E-state index in [2.05, 4.69) is 4.74 Å². The minimum absolute atomic E-state index is 0.0422. The second kappa shape index (κ2) is 7.35. The van der Waals surface area contributed by atoms with Crippen molar-refractivity contribution in [2.45, 2.75) is 6.61 Å². The van der Waals surface area contributed by atoms with Crippen LogP contribution in [0, 0.1) is 0 Å². The molecule has 0 aliphatic rings. The Morgan fingerprint density at radius 3 is 2.43 bits per heavy atom. The molecular weight excluding hydrogens is 304 g/mol. The number of methoxy groups -OCH3 is 3. The molecule has 7 heteroatoms. The summed E-state index contributed by atoms with van der Waals surface area (Å²) in [7, 11) is 4.21. The van der Waals surface area contributed by atoms with Crippen molar-refractivity contribution < 1.29 is 33.0 Å². The molecule has 0 amide bonds. The molecular formula is C16H16O7. The Kier molecular flexibility index (Phi) is 5.24. The van der Waals surface area contributed by atoms with Crippen molar-refractivity contribution >= 4 is 11.9 Å². The molecule has 0 aliphatic carbocycles. The Morgan fingerprint density at radius 2 is 1.78 bits per heavy atom. The molecule has 0 spiro atoms. The second-order valence-corrected chi connectivity index (χ2v) is 4.40. The van der Waals surface area contributed by atoms with Gasteiger partial charge in [-0.25, -0.2) is 9.59 Å². The Labute approximate surface area is 132 Å². The van der Waals surface area contributed by atoms with E-state index in [1.165, 1.54) is 33.5 Å². The fourth-order valence-electron chi connectivity index (χ4n) is 1.85. The number of hydrogen-bond donors (Lipinski definition) is 0. The van der Waals surface area contributed by atoms with E-state index in [9.17, 15) is 9.59 Å². The van der Waals surface area contributed by atoms with Crippen LogP contribution in [0.25, 0.3) is 0 Å². The van der Waals surface area contributed by atoms with Gasteiger partial charge in [0.05, 0.1) is 21.3 Å². The van der Waals surface area contributed by atoms with E-state index in [4.69, 9.17) is 18.6 Å². The van der Waals surface area contributed by atoms with Crippen LogP contribution >= 0.6 is 0 Å². The molecule has 2 rings (SSSR count). The summed E-state index contributed by atoms with van der Waals surface area (Å²) in [6.45, 7) is -0.120. The Morgan fingerprint density at radius 1 is 1.00 bits per heavy atom.